The van der Waals surface area contributed by atoms with Crippen LogP contribution in [0.3, 0.4) is 0 Å². The number of hydrogen-bond donors (Lipinski definition) is 1. The lowest BCUT2D eigenvalue weighted by Crippen LogP contribution is -2.20. The predicted octanol–water partition coefficient (Wildman–Crippen LogP) is 0.781. The third-order valence-electron chi connectivity index (χ3n) is 1.44. The molecule has 0 aromatic heterocycles. The van der Waals surface area contributed by atoms with E-state index in [0.717, 1.165) is 13.0 Å². The van der Waals surface area contributed by atoms with Crippen LogP contribution < -0.4 is 5.32 Å². The zero-order valence-corrected chi connectivity index (χ0v) is 6.09. The summed E-state index contributed by atoms with van der Waals surface area (Å²) in [6.45, 7) is 3.54. The summed E-state index contributed by atoms with van der Waals surface area (Å²) in [5.41, 5.74) is -0.0817. The maximum atomic E-state index is 5.03. The molecular formula is C7H11N3. The molecule has 0 unspecified atom stereocenters. The first-order valence-corrected chi connectivity index (χ1v) is 3.35. The summed E-state index contributed by atoms with van der Waals surface area (Å²) < 4.78 is 0. The van der Waals surface area contributed by atoms with Gasteiger partial charge in [-0.1, -0.05) is 5.92 Å². The van der Waals surface area contributed by atoms with Crippen LogP contribution in [0.5, 0.6) is 0 Å². The third kappa shape index (κ3) is 2.16. The maximum Gasteiger partial charge on any atom is 0.189 e. The molecule has 0 bridgehead atoms. The molecule has 1 rings (SSSR count). The summed E-state index contributed by atoms with van der Waals surface area (Å²) >= 11 is 0. The van der Waals surface area contributed by atoms with Gasteiger partial charge in [0.25, 0.3) is 0 Å². The van der Waals surface area contributed by atoms with Gasteiger partial charge in [-0.25, -0.2) is 0 Å². The Morgan fingerprint density at radius 1 is 1.60 bits per heavy atom. The Bertz CT molecular complexity index is 172. The molecule has 10 heavy (non-hydrogen) atoms. The largest absolute Gasteiger partial charge is 0.306 e. The molecule has 0 spiro atoms. The lowest BCUT2D eigenvalue weighted by Gasteiger charge is -2.02. The molecule has 3 heteroatoms. The Balaban J connectivity index is 1.92. The minimum Gasteiger partial charge on any atom is -0.306 e. The van der Waals surface area contributed by atoms with Gasteiger partial charge in [-0.2, -0.15) is 10.2 Å². The lowest BCUT2D eigenvalue weighted by molar-refractivity contribution is 0.565. The van der Waals surface area contributed by atoms with Gasteiger partial charge >= 0.3 is 0 Å². The van der Waals surface area contributed by atoms with Gasteiger partial charge in [0.05, 0.1) is 6.54 Å². The number of nitrogens with zero attached hydrogens (tertiary/aromatic N) is 2. The fourth-order valence-electron chi connectivity index (χ4n) is 0.671. The predicted molar refractivity (Wildman–Crippen MR) is 39.6 cm³/mol. The molecule has 54 valence electrons. The molecule has 0 amide bonds. The highest BCUT2D eigenvalue weighted by molar-refractivity contribution is 4.90. The van der Waals surface area contributed by atoms with Crippen molar-refractivity contribution in [2.24, 2.45) is 10.2 Å². The fourth-order valence-corrected chi connectivity index (χ4v) is 0.671. The minimum absolute atomic E-state index is 0.0817. The van der Waals surface area contributed by atoms with E-state index in [4.69, 9.17) is 6.42 Å². The van der Waals surface area contributed by atoms with E-state index in [2.05, 4.69) is 21.5 Å². The van der Waals surface area contributed by atoms with Crippen LogP contribution in [0.1, 0.15) is 13.3 Å². The highest BCUT2D eigenvalue weighted by Gasteiger charge is 2.32. The van der Waals surface area contributed by atoms with Crippen molar-refractivity contribution in [1.29, 1.82) is 0 Å². The Labute approximate surface area is 60.9 Å². The van der Waals surface area contributed by atoms with E-state index in [9.17, 15) is 0 Å². The van der Waals surface area contributed by atoms with Gasteiger partial charge in [-0.3, -0.25) is 0 Å². The molecule has 1 N–H and O–H groups in total. The molecule has 1 heterocycles. The molecule has 3 nitrogen and oxygen atoms in total. The minimum atomic E-state index is -0.0817. The normalized spacial score (nSPS) is 18.4. The summed E-state index contributed by atoms with van der Waals surface area (Å²) in [4.78, 5) is 0. The van der Waals surface area contributed by atoms with Crippen LogP contribution in [0.4, 0.5) is 0 Å². The Morgan fingerprint density at radius 3 is 2.80 bits per heavy atom. The van der Waals surface area contributed by atoms with Gasteiger partial charge in [0.1, 0.15) is 0 Å². The van der Waals surface area contributed by atoms with Crippen LogP contribution >= 0.6 is 0 Å². The Hall–Kier alpha value is -0.880. The second-order valence-corrected chi connectivity index (χ2v) is 2.55. The van der Waals surface area contributed by atoms with Gasteiger partial charge in [0.15, 0.2) is 5.66 Å². The van der Waals surface area contributed by atoms with E-state index >= 15 is 0 Å². The lowest BCUT2D eigenvalue weighted by atomic mass is 10.2. The molecule has 0 fully saturated rings. The van der Waals surface area contributed by atoms with Crippen LogP contribution in [0.2, 0.25) is 0 Å². The molecule has 0 aliphatic carbocycles. The molecule has 0 saturated carbocycles. The maximum absolute atomic E-state index is 5.03. The van der Waals surface area contributed by atoms with Gasteiger partial charge < -0.3 is 5.32 Å². The molecule has 0 aromatic carbocycles. The SMILES string of the molecule is C#CCNCCC1(C)N=N1. The van der Waals surface area contributed by atoms with Crippen LogP contribution in [0.25, 0.3) is 0 Å². The fraction of sp³-hybridized carbons (Fsp3) is 0.714. The van der Waals surface area contributed by atoms with Crippen molar-refractivity contribution >= 4 is 0 Å². The molecule has 0 saturated heterocycles. The molecule has 1 aliphatic heterocycles. The van der Waals surface area contributed by atoms with Crippen molar-refractivity contribution in [2.75, 3.05) is 13.1 Å². The van der Waals surface area contributed by atoms with E-state index in [1.54, 1.807) is 0 Å². The number of hydrogen-bond acceptors (Lipinski definition) is 3. The molecular weight excluding hydrogens is 126 g/mol. The van der Waals surface area contributed by atoms with Crippen LogP contribution in [0.15, 0.2) is 10.2 Å². The average molecular weight is 137 g/mol. The number of rotatable bonds is 4. The quantitative estimate of drug-likeness (QED) is 0.451. The monoisotopic (exact) mass is 137 g/mol. The van der Waals surface area contributed by atoms with E-state index in [1.807, 2.05) is 6.92 Å². The average Bonchev–Trinajstić information content (AvgIpc) is 2.62. The van der Waals surface area contributed by atoms with E-state index in [0.29, 0.717) is 6.54 Å². The van der Waals surface area contributed by atoms with Gasteiger partial charge in [0.2, 0.25) is 0 Å². The second kappa shape index (κ2) is 2.80. The Kier molecular flexibility index (Phi) is 2.03. The Morgan fingerprint density at radius 2 is 2.30 bits per heavy atom. The van der Waals surface area contributed by atoms with Crippen molar-refractivity contribution < 1.29 is 0 Å². The molecule has 0 atom stereocenters. The molecule has 0 aromatic rings. The third-order valence-corrected chi connectivity index (χ3v) is 1.44. The first-order chi connectivity index (χ1) is 4.77. The zero-order chi connectivity index (χ0) is 7.45. The van der Waals surface area contributed by atoms with E-state index in [-0.39, 0.29) is 5.66 Å². The number of nitrogens with one attached hydrogen (secondary N) is 1. The van der Waals surface area contributed by atoms with Gasteiger partial charge in [-0.15, -0.1) is 6.42 Å². The van der Waals surface area contributed by atoms with Crippen LogP contribution in [-0.4, -0.2) is 18.8 Å². The summed E-state index contributed by atoms with van der Waals surface area (Å²) in [7, 11) is 0. The standard InChI is InChI=1S/C7H11N3/c1-3-5-8-6-4-7(2)9-10-7/h1,8H,4-6H2,2H3. The summed E-state index contributed by atoms with van der Waals surface area (Å²) in [6.07, 6.45) is 5.99. The topological polar surface area (TPSA) is 36.8 Å². The number of terminal acetylenes is 1. The summed E-state index contributed by atoms with van der Waals surface area (Å²) in [5.74, 6) is 2.50. The smallest absolute Gasteiger partial charge is 0.189 e. The first-order valence-electron chi connectivity index (χ1n) is 3.35. The first kappa shape index (κ1) is 7.23. The molecule has 0 radical (unpaired) electrons. The molecule has 1 aliphatic rings. The highest BCUT2D eigenvalue weighted by atomic mass is 15.4. The highest BCUT2D eigenvalue weighted by Crippen LogP contribution is 2.29. The van der Waals surface area contributed by atoms with Crippen molar-refractivity contribution in [3.8, 4) is 12.3 Å². The zero-order valence-electron chi connectivity index (χ0n) is 6.09. The van der Waals surface area contributed by atoms with Crippen LogP contribution in [-0.2, 0) is 0 Å². The second-order valence-electron chi connectivity index (χ2n) is 2.55. The van der Waals surface area contributed by atoms with E-state index in [1.165, 1.54) is 0 Å². The van der Waals surface area contributed by atoms with Gasteiger partial charge in [-0.05, 0) is 6.92 Å². The van der Waals surface area contributed by atoms with Crippen molar-refractivity contribution in [3.63, 3.8) is 0 Å². The van der Waals surface area contributed by atoms with Crippen molar-refractivity contribution in [1.82, 2.24) is 5.32 Å². The van der Waals surface area contributed by atoms with Crippen LogP contribution in [0, 0.1) is 12.3 Å². The van der Waals surface area contributed by atoms with Crippen molar-refractivity contribution in [3.05, 3.63) is 0 Å². The summed E-state index contributed by atoms with van der Waals surface area (Å²) in [6, 6.07) is 0. The van der Waals surface area contributed by atoms with E-state index < -0.39 is 0 Å². The van der Waals surface area contributed by atoms with Gasteiger partial charge in [0, 0.05) is 13.0 Å². The summed E-state index contributed by atoms with van der Waals surface area (Å²) in [5, 5.41) is 10.8. The van der Waals surface area contributed by atoms with Crippen molar-refractivity contribution in [2.45, 2.75) is 19.0 Å².